The minimum absolute atomic E-state index is 0.269. The van der Waals surface area contributed by atoms with Crippen molar-refractivity contribution in [2.24, 2.45) is 0 Å². The number of ether oxygens (including phenoxy) is 2. The molecule has 0 radical (unpaired) electrons. The predicted octanol–water partition coefficient (Wildman–Crippen LogP) is 13.9. The summed E-state index contributed by atoms with van der Waals surface area (Å²) in [6.45, 7) is 6.45. The average molecular weight is 646 g/mol. The van der Waals surface area contributed by atoms with Gasteiger partial charge in [-0.25, -0.2) is 0 Å². The van der Waals surface area contributed by atoms with E-state index in [9.17, 15) is 0 Å². The maximum atomic E-state index is 6.68. The minimum Gasteiger partial charge on any atom is -0.347 e. The Kier molecular flexibility index (Phi) is 31.0. The van der Waals surface area contributed by atoms with Crippen molar-refractivity contribution >= 4 is 0 Å². The predicted molar refractivity (Wildman–Crippen MR) is 205 cm³/mol. The molecule has 0 aliphatic carbocycles. The molecule has 0 unspecified atom stereocenters. The van der Waals surface area contributed by atoms with Crippen LogP contribution in [0.4, 0.5) is 0 Å². The quantitative estimate of drug-likeness (QED) is 0.0505. The lowest BCUT2D eigenvalue weighted by atomic mass is 9.98. The third-order valence-electron chi connectivity index (χ3n) is 9.95. The molecular formula is C43H83NO2. The Bertz CT molecular complexity index is 630. The summed E-state index contributed by atoms with van der Waals surface area (Å²) in [6, 6.07) is 0. The van der Waals surface area contributed by atoms with Crippen LogP contribution in [0.15, 0.2) is 24.3 Å². The SMILES string of the molecule is CCCCCCCC/C=C\CCCCCCCCC1(CCCCCCCC/C=C\CCCCCCCC)OC[C@H](CCN(C)C)O1. The van der Waals surface area contributed by atoms with Crippen molar-refractivity contribution in [1.29, 1.82) is 0 Å². The number of rotatable bonds is 35. The van der Waals surface area contributed by atoms with Crippen molar-refractivity contribution in [3.8, 4) is 0 Å². The van der Waals surface area contributed by atoms with Gasteiger partial charge in [-0.2, -0.15) is 0 Å². The molecule has 272 valence electrons. The molecule has 3 heteroatoms. The van der Waals surface area contributed by atoms with Crippen LogP contribution in [-0.4, -0.2) is 44.0 Å². The van der Waals surface area contributed by atoms with Gasteiger partial charge in [-0.1, -0.05) is 154 Å². The smallest absolute Gasteiger partial charge is 0.168 e. The molecule has 46 heavy (non-hydrogen) atoms. The van der Waals surface area contributed by atoms with Gasteiger partial charge >= 0.3 is 0 Å². The third kappa shape index (κ3) is 27.3. The van der Waals surface area contributed by atoms with Crippen molar-refractivity contribution < 1.29 is 9.47 Å². The Hall–Kier alpha value is -0.640. The summed E-state index contributed by atoms with van der Waals surface area (Å²) in [5, 5.41) is 0. The van der Waals surface area contributed by atoms with E-state index in [1.165, 1.54) is 180 Å². The Balaban J connectivity index is 2.13. The Morgan fingerprint density at radius 1 is 0.500 bits per heavy atom. The molecule has 0 spiro atoms. The number of unbranched alkanes of at least 4 members (excludes halogenated alkanes) is 24. The zero-order chi connectivity index (χ0) is 33.2. The van der Waals surface area contributed by atoms with Gasteiger partial charge in [0, 0.05) is 19.4 Å². The van der Waals surface area contributed by atoms with Crippen molar-refractivity contribution in [1.82, 2.24) is 4.90 Å². The van der Waals surface area contributed by atoms with Gasteiger partial charge in [0.2, 0.25) is 0 Å². The van der Waals surface area contributed by atoms with Crippen LogP contribution in [0.1, 0.15) is 213 Å². The zero-order valence-electron chi connectivity index (χ0n) is 32.0. The van der Waals surface area contributed by atoms with Crippen LogP contribution in [0, 0.1) is 0 Å². The van der Waals surface area contributed by atoms with E-state index in [4.69, 9.17) is 9.47 Å². The van der Waals surface area contributed by atoms with Gasteiger partial charge in [0.15, 0.2) is 5.79 Å². The first-order valence-corrected chi connectivity index (χ1v) is 20.9. The largest absolute Gasteiger partial charge is 0.347 e. The first-order chi connectivity index (χ1) is 22.6. The fraction of sp³-hybridized carbons (Fsp3) is 0.907. The van der Waals surface area contributed by atoms with Crippen molar-refractivity contribution in [2.75, 3.05) is 27.2 Å². The molecule has 1 heterocycles. The molecule has 0 aromatic rings. The van der Waals surface area contributed by atoms with E-state index in [0.29, 0.717) is 0 Å². The van der Waals surface area contributed by atoms with Gasteiger partial charge in [0.25, 0.3) is 0 Å². The lowest BCUT2D eigenvalue weighted by Gasteiger charge is -2.29. The molecule has 1 aliphatic rings. The molecule has 0 aromatic carbocycles. The number of hydrogen-bond acceptors (Lipinski definition) is 3. The maximum Gasteiger partial charge on any atom is 0.168 e. The van der Waals surface area contributed by atoms with Crippen LogP contribution >= 0.6 is 0 Å². The topological polar surface area (TPSA) is 21.7 Å². The highest BCUT2D eigenvalue weighted by molar-refractivity contribution is 4.83. The number of allylic oxidation sites excluding steroid dienone is 4. The van der Waals surface area contributed by atoms with Gasteiger partial charge in [-0.15, -0.1) is 0 Å². The first-order valence-electron chi connectivity index (χ1n) is 20.9. The van der Waals surface area contributed by atoms with E-state index in [2.05, 4.69) is 57.1 Å². The summed E-state index contributed by atoms with van der Waals surface area (Å²) < 4.78 is 13.2. The van der Waals surface area contributed by atoms with E-state index >= 15 is 0 Å². The Labute approximate surface area is 290 Å². The molecule has 0 aromatic heterocycles. The summed E-state index contributed by atoms with van der Waals surface area (Å²) in [6.07, 6.45) is 51.2. The second kappa shape index (κ2) is 32.9. The Morgan fingerprint density at radius 3 is 1.22 bits per heavy atom. The first kappa shape index (κ1) is 43.4. The second-order valence-corrected chi connectivity index (χ2v) is 14.9. The lowest BCUT2D eigenvalue weighted by molar-refractivity contribution is -0.180. The van der Waals surface area contributed by atoms with E-state index in [0.717, 1.165) is 32.4 Å². The van der Waals surface area contributed by atoms with Crippen molar-refractivity contribution in [2.45, 2.75) is 225 Å². The van der Waals surface area contributed by atoms with Crippen LogP contribution in [0.25, 0.3) is 0 Å². The molecule has 1 rings (SSSR count). The van der Waals surface area contributed by atoms with E-state index in [1.807, 2.05) is 0 Å². The van der Waals surface area contributed by atoms with Crippen molar-refractivity contribution in [3.63, 3.8) is 0 Å². The summed E-state index contributed by atoms with van der Waals surface area (Å²) in [7, 11) is 4.31. The highest BCUT2D eigenvalue weighted by Crippen LogP contribution is 2.35. The molecular weight excluding hydrogens is 562 g/mol. The molecule has 3 nitrogen and oxygen atoms in total. The molecule has 1 fully saturated rings. The van der Waals surface area contributed by atoms with Crippen LogP contribution in [0.5, 0.6) is 0 Å². The molecule has 0 bridgehead atoms. The van der Waals surface area contributed by atoms with Gasteiger partial charge in [-0.05, 0) is 84.7 Å². The number of hydrogen-bond donors (Lipinski definition) is 0. The van der Waals surface area contributed by atoms with E-state index in [1.54, 1.807) is 0 Å². The fourth-order valence-corrected chi connectivity index (χ4v) is 6.83. The highest BCUT2D eigenvalue weighted by Gasteiger charge is 2.40. The maximum absolute atomic E-state index is 6.68. The standard InChI is InChI=1S/C43H83NO2/c1-5-7-9-11-13-15-17-19-21-23-25-27-29-31-33-35-38-43(45-41-42(46-43)37-40-44(3)4)39-36-34-32-30-28-26-24-22-20-18-16-14-12-10-8-6-2/h19-22,42H,5-18,23-41H2,1-4H3/b21-19-,22-20-/t42-/m0/s1. The Morgan fingerprint density at radius 2 is 0.848 bits per heavy atom. The molecule has 1 aliphatic heterocycles. The van der Waals surface area contributed by atoms with Crippen LogP contribution in [0.2, 0.25) is 0 Å². The molecule has 0 amide bonds. The summed E-state index contributed by atoms with van der Waals surface area (Å²) >= 11 is 0. The average Bonchev–Trinajstić information content (AvgIpc) is 3.46. The third-order valence-corrected chi connectivity index (χ3v) is 9.95. The second-order valence-electron chi connectivity index (χ2n) is 14.9. The van der Waals surface area contributed by atoms with Crippen molar-refractivity contribution in [3.05, 3.63) is 24.3 Å². The summed E-state index contributed by atoms with van der Waals surface area (Å²) in [5.74, 6) is -0.307. The minimum atomic E-state index is -0.307. The van der Waals surface area contributed by atoms with Crippen LogP contribution < -0.4 is 0 Å². The van der Waals surface area contributed by atoms with Gasteiger partial charge in [-0.3, -0.25) is 0 Å². The lowest BCUT2D eigenvalue weighted by Crippen LogP contribution is -2.31. The van der Waals surface area contributed by atoms with Gasteiger partial charge in [0.1, 0.15) is 0 Å². The van der Waals surface area contributed by atoms with E-state index in [-0.39, 0.29) is 11.9 Å². The van der Waals surface area contributed by atoms with Crippen LogP contribution in [-0.2, 0) is 9.47 Å². The number of nitrogens with zero attached hydrogens (tertiary/aromatic N) is 1. The van der Waals surface area contributed by atoms with E-state index < -0.39 is 0 Å². The highest BCUT2D eigenvalue weighted by atomic mass is 16.7. The molecule has 1 atom stereocenters. The molecule has 0 N–H and O–H groups in total. The molecule has 1 saturated heterocycles. The summed E-state index contributed by atoms with van der Waals surface area (Å²) in [4.78, 5) is 2.26. The zero-order valence-corrected chi connectivity index (χ0v) is 32.0. The fourth-order valence-electron chi connectivity index (χ4n) is 6.83. The normalized spacial score (nSPS) is 16.6. The summed E-state index contributed by atoms with van der Waals surface area (Å²) in [5.41, 5.74) is 0. The van der Waals surface area contributed by atoms with Gasteiger partial charge < -0.3 is 14.4 Å². The van der Waals surface area contributed by atoms with Gasteiger partial charge in [0.05, 0.1) is 12.7 Å². The molecule has 0 saturated carbocycles. The van der Waals surface area contributed by atoms with Crippen LogP contribution in [0.3, 0.4) is 0 Å². The monoisotopic (exact) mass is 646 g/mol.